The molecule has 0 aromatic carbocycles. The summed E-state index contributed by atoms with van der Waals surface area (Å²) in [4.78, 5) is 0. The van der Waals surface area contributed by atoms with E-state index in [2.05, 4.69) is 5.32 Å². The summed E-state index contributed by atoms with van der Waals surface area (Å²) in [5, 5.41) is 12.6. The second-order valence-corrected chi connectivity index (χ2v) is 7.25. The lowest BCUT2D eigenvalue weighted by Crippen LogP contribution is -2.49. The van der Waals surface area contributed by atoms with Gasteiger partial charge >= 0.3 is 0 Å². The van der Waals surface area contributed by atoms with Crippen LogP contribution in [-0.4, -0.2) is 42.7 Å². The third-order valence-corrected chi connectivity index (χ3v) is 4.35. The number of nitrogens with one attached hydrogen (secondary N) is 1. The second kappa shape index (κ2) is 3.47. The largest absolute Gasteiger partial charge is 0.389 e. The zero-order valence-corrected chi connectivity index (χ0v) is 9.82. The summed E-state index contributed by atoms with van der Waals surface area (Å²) in [6.07, 6.45) is 0.630. The molecular weight excluding hydrogens is 202 g/mol. The van der Waals surface area contributed by atoms with E-state index in [-0.39, 0.29) is 17.0 Å². The Morgan fingerprint density at radius 2 is 2.07 bits per heavy atom. The molecule has 2 N–H and O–H groups in total. The van der Waals surface area contributed by atoms with Gasteiger partial charge in [0.2, 0.25) is 0 Å². The molecule has 84 valence electrons. The molecule has 0 aliphatic carbocycles. The van der Waals surface area contributed by atoms with E-state index < -0.39 is 15.4 Å². The van der Waals surface area contributed by atoms with Gasteiger partial charge in [0.1, 0.15) is 0 Å². The first-order chi connectivity index (χ1) is 6.12. The SMILES string of the molecule is CC(C)(O)CNC1(C)CCS(=O)(=O)C1. The van der Waals surface area contributed by atoms with E-state index in [1.807, 2.05) is 6.92 Å². The predicted molar refractivity (Wildman–Crippen MR) is 56.0 cm³/mol. The number of hydrogen-bond acceptors (Lipinski definition) is 4. The normalized spacial score (nSPS) is 32.0. The highest BCUT2D eigenvalue weighted by Crippen LogP contribution is 2.23. The summed E-state index contributed by atoms with van der Waals surface area (Å²) in [6, 6.07) is 0. The molecule has 1 fully saturated rings. The van der Waals surface area contributed by atoms with Gasteiger partial charge in [-0.25, -0.2) is 8.42 Å². The van der Waals surface area contributed by atoms with Crippen molar-refractivity contribution in [1.82, 2.24) is 5.32 Å². The van der Waals surface area contributed by atoms with E-state index in [0.717, 1.165) is 0 Å². The van der Waals surface area contributed by atoms with Crippen LogP contribution in [0, 0.1) is 0 Å². The maximum Gasteiger partial charge on any atom is 0.152 e. The van der Waals surface area contributed by atoms with E-state index in [9.17, 15) is 13.5 Å². The first kappa shape index (κ1) is 11.9. The summed E-state index contributed by atoms with van der Waals surface area (Å²) in [5.74, 6) is 0.429. The van der Waals surface area contributed by atoms with E-state index in [1.54, 1.807) is 13.8 Å². The van der Waals surface area contributed by atoms with Gasteiger partial charge in [-0.1, -0.05) is 0 Å². The fourth-order valence-corrected chi connectivity index (χ4v) is 3.70. The van der Waals surface area contributed by atoms with Crippen molar-refractivity contribution in [1.29, 1.82) is 0 Å². The lowest BCUT2D eigenvalue weighted by Gasteiger charge is -2.28. The van der Waals surface area contributed by atoms with E-state index in [0.29, 0.717) is 13.0 Å². The Hall–Kier alpha value is -0.130. The van der Waals surface area contributed by atoms with Gasteiger partial charge in [0, 0.05) is 12.1 Å². The molecule has 0 saturated carbocycles. The van der Waals surface area contributed by atoms with Crippen LogP contribution in [0.4, 0.5) is 0 Å². The average molecular weight is 221 g/mol. The average Bonchev–Trinajstić information content (AvgIpc) is 2.22. The van der Waals surface area contributed by atoms with E-state index >= 15 is 0 Å². The Morgan fingerprint density at radius 3 is 2.43 bits per heavy atom. The van der Waals surface area contributed by atoms with Crippen LogP contribution in [0.25, 0.3) is 0 Å². The number of β-amino-alcohol motifs (C(OH)–C–C–N with tert-alkyl or cyclic N) is 1. The Labute approximate surface area is 85.6 Å². The standard InChI is InChI=1S/C9H19NO3S/c1-8(2,11)6-10-9(3)4-5-14(12,13)7-9/h10-11H,4-7H2,1-3H3. The third kappa shape index (κ3) is 3.55. The molecule has 1 heterocycles. The van der Waals surface area contributed by atoms with Gasteiger partial charge in [-0.05, 0) is 27.2 Å². The topological polar surface area (TPSA) is 66.4 Å². The van der Waals surface area contributed by atoms with Crippen LogP contribution >= 0.6 is 0 Å². The summed E-state index contributed by atoms with van der Waals surface area (Å²) in [5.41, 5.74) is -1.16. The number of hydrogen-bond donors (Lipinski definition) is 2. The molecular formula is C9H19NO3S. The third-order valence-electron chi connectivity index (χ3n) is 2.45. The lowest BCUT2D eigenvalue weighted by molar-refractivity contribution is 0.0716. The van der Waals surface area contributed by atoms with Gasteiger partial charge < -0.3 is 10.4 Å². The number of aliphatic hydroxyl groups is 1. The monoisotopic (exact) mass is 221 g/mol. The maximum atomic E-state index is 11.3. The molecule has 4 nitrogen and oxygen atoms in total. The van der Waals surface area contributed by atoms with Gasteiger partial charge in [0.25, 0.3) is 0 Å². The van der Waals surface area contributed by atoms with Crippen molar-refractivity contribution in [2.75, 3.05) is 18.1 Å². The molecule has 0 aromatic rings. The van der Waals surface area contributed by atoms with Gasteiger partial charge in [-0.3, -0.25) is 0 Å². The molecule has 0 bridgehead atoms. The predicted octanol–water partition coefficient (Wildman–Crippen LogP) is -0.0759. The molecule has 1 rings (SSSR count). The van der Waals surface area contributed by atoms with E-state index in [4.69, 9.17) is 0 Å². The molecule has 0 spiro atoms. The zero-order chi connectivity index (χ0) is 11.0. The number of rotatable bonds is 3. The Kier molecular flexibility index (Phi) is 2.96. The molecule has 0 amide bonds. The molecule has 1 saturated heterocycles. The first-order valence-electron chi connectivity index (χ1n) is 4.80. The van der Waals surface area contributed by atoms with E-state index in [1.165, 1.54) is 0 Å². The lowest BCUT2D eigenvalue weighted by atomic mass is 10.0. The minimum Gasteiger partial charge on any atom is -0.389 e. The van der Waals surface area contributed by atoms with Gasteiger partial charge in [0.05, 0.1) is 17.1 Å². The van der Waals surface area contributed by atoms with Crippen LogP contribution in [0.3, 0.4) is 0 Å². The fourth-order valence-electron chi connectivity index (χ4n) is 1.58. The van der Waals surface area contributed by atoms with Crippen LogP contribution in [0.15, 0.2) is 0 Å². The minimum absolute atomic E-state index is 0.177. The molecule has 1 unspecified atom stereocenters. The highest BCUT2D eigenvalue weighted by atomic mass is 32.2. The Balaban J connectivity index is 2.54. The maximum absolute atomic E-state index is 11.3. The van der Waals surface area contributed by atoms with Gasteiger partial charge in [0.15, 0.2) is 9.84 Å². The minimum atomic E-state index is -2.87. The van der Waals surface area contributed by atoms with Gasteiger partial charge in [-0.15, -0.1) is 0 Å². The fraction of sp³-hybridized carbons (Fsp3) is 1.00. The van der Waals surface area contributed by atoms with Crippen LogP contribution < -0.4 is 5.32 Å². The highest BCUT2D eigenvalue weighted by molar-refractivity contribution is 7.91. The van der Waals surface area contributed by atoms with Crippen molar-refractivity contribution in [2.24, 2.45) is 0 Å². The van der Waals surface area contributed by atoms with Gasteiger partial charge in [-0.2, -0.15) is 0 Å². The van der Waals surface area contributed by atoms with Crippen molar-refractivity contribution < 1.29 is 13.5 Å². The molecule has 5 heteroatoms. The van der Waals surface area contributed by atoms with Crippen molar-refractivity contribution >= 4 is 9.84 Å². The molecule has 0 radical (unpaired) electrons. The quantitative estimate of drug-likeness (QED) is 0.700. The Morgan fingerprint density at radius 1 is 1.50 bits per heavy atom. The summed E-state index contributed by atoms with van der Waals surface area (Å²) in [7, 11) is -2.87. The molecule has 1 aliphatic rings. The molecule has 1 aliphatic heterocycles. The zero-order valence-electron chi connectivity index (χ0n) is 9.00. The van der Waals surface area contributed by atoms with Crippen LogP contribution in [0.1, 0.15) is 27.2 Å². The Bertz CT molecular complexity index is 305. The van der Waals surface area contributed by atoms with Crippen LogP contribution in [0.5, 0.6) is 0 Å². The van der Waals surface area contributed by atoms with Crippen molar-refractivity contribution in [3.05, 3.63) is 0 Å². The van der Waals surface area contributed by atoms with Crippen molar-refractivity contribution in [3.8, 4) is 0 Å². The highest BCUT2D eigenvalue weighted by Gasteiger charge is 2.38. The summed E-state index contributed by atoms with van der Waals surface area (Å²) < 4.78 is 22.5. The summed E-state index contributed by atoms with van der Waals surface area (Å²) >= 11 is 0. The molecule has 0 aromatic heterocycles. The second-order valence-electron chi connectivity index (χ2n) is 5.07. The number of sulfone groups is 1. The first-order valence-corrected chi connectivity index (χ1v) is 6.62. The molecule has 1 atom stereocenters. The smallest absolute Gasteiger partial charge is 0.152 e. The van der Waals surface area contributed by atoms with Crippen LogP contribution in [0.2, 0.25) is 0 Å². The van der Waals surface area contributed by atoms with Crippen LogP contribution in [-0.2, 0) is 9.84 Å². The molecule has 14 heavy (non-hydrogen) atoms. The van der Waals surface area contributed by atoms with Crippen molar-refractivity contribution in [3.63, 3.8) is 0 Å². The summed E-state index contributed by atoms with van der Waals surface area (Å²) in [6.45, 7) is 5.71. The van der Waals surface area contributed by atoms with Crippen molar-refractivity contribution in [2.45, 2.75) is 38.3 Å².